The Morgan fingerprint density at radius 2 is 2.12 bits per heavy atom. The molecule has 1 aromatic carbocycles. The molecule has 2 rings (SSSR count). The predicted octanol–water partition coefficient (Wildman–Crippen LogP) is 2.65. The van der Waals surface area contributed by atoms with Gasteiger partial charge >= 0.3 is 0 Å². The van der Waals surface area contributed by atoms with E-state index in [9.17, 15) is 0 Å². The van der Waals surface area contributed by atoms with Gasteiger partial charge in [0.05, 0.1) is 17.2 Å². The molecule has 0 aliphatic carbocycles. The van der Waals surface area contributed by atoms with Gasteiger partial charge in [-0.15, -0.1) is 11.3 Å². The summed E-state index contributed by atoms with van der Waals surface area (Å²) in [6, 6.07) is 8.55. The lowest BCUT2D eigenvalue weighted by molar-refractivity contribution is 0.624. The van der Waals surface area contributed by atoms with Crippen molar-refractivity contribution in [2.75, 3.05) is 0 Å². The Hall–Kier alpha value is -1.23. The van der Waals surface area contributed by atoms with Crippen molar-refractivity contribution >= 4 is 11.3 Å². The molecule has 0 radical (unpaired) electrons. The topological polar surface area (TPSA) is 50.9 Å². The quantitative estimate of drug-likeness (QED) is 0.631. The molecule has 3 nitrogen and oxygen atoms in total. The molecule has 0 bridgehead atoms. The standard InChI is InChI=1S/C13H17N3S/c1-2-3-10-4-6-11(7-5-10)13(16-14)12-8-17-9-15-12/h4-9,13,16H,2-3,14H2,1H3. The van der Waals surface area contributed by atoms with Gasteiger partial charge in [0, 0.05) is 5.38 Å². The summed E-state index contributed by atoms with van der Waals surface area (Å²) in [6.45, 7) is 2.19. The fourth-order valence-corrected chi connectivity index (χ4v) is 2.46. The van der Waals surface area contributed by atoms with Crippen LogP contribution >= 0.6 is 11.3 Å². The van der Waals surface area contributed by atoms with E-state index in [2.05, 4.69) is 41.6 Å². The number of hydrogen-bond acceptors (Lipinski definition) is 4. The van der Waals surface area contributed by atoms with Gasteiger partial charge in [0.1, 0.15) is 0 Å². The van der Waals surface area contributed by atoms with E-state index in [-0.39, 0.29) is 6.04 Å². The maximum atomic E-state index is 5.61. The van der Waals surface area contributed by atoms with Gasteiger partial charge < -0.3 is 0 Å². The van der Waals surface area contributed by atoms with E-state index >= 15 is 0 Å². The van der Waals surface area contributed by atoms with Crippen molar-refractivity contribution in [2.24, 2.45) is 5.84 Å². The van der Waals surface area contributed by atoms with Crippen LogP contribution in [0.1, 0.15) is 36.2 Å². The molecule has 0 spiro atoms. The third-order valence-corrected chi connectivity index (χ3v) is 3.37. The SMILES string of the molecule is CCCc1ccc(C(NN)c2cscn2)cc1. The molecule has 1 unspecified atom stereocenters. The number of thiazole rings is 1. The number of nitrogens with one attached hydrogen (secondary N) is 1. The molecule has 2 aromatic rings. The average molecular weight is 247 g/mol. The van der Waals surface area contributed by atoms with Crippen LogP contribution in [-0.4, -0.2) is 4.98 Å². The Bertz CT molecular complexity index is 436. The summed E-state index contributed by atoms with van der Waals surface area (Å²) < 4.78 is 0. The third-order valence-electron chi connectivity index (χ3n) is 2.77. The molecule has 1 heterocycles. The predicted molar refractivity (Wildman–Crippen MR) is 71.7 cm³/mol. The van der Waals surface area contributed by atoms with Gasteiger partial charge in [0.25, 0.3) is 0 Å². The highest BCUT2D eigenvalue weighted by Crippen LogP contribution is 2.21. The van der Waals surface area contributed by atoms with Crippen molar-refractivity contribution in [1.82, 2.24) is 10.4 Å². The Balaban J connectivity index is 2.20. The lowest BCUT2D eigenvalue weighted by Gasteiger charge is -2.14. The molecule has 0 saturated heterocycles. The zero-order valence-corrected chi connectivity index (χ0v) is 10.7. The molecule has 90 valence electrons. The number of aromatic nitrogens is 1. The molecule has 1 aromatic heterocycles. The highest BCUT2D eigenvalue weighted by Gasteiger charge is 2.13. The second kappa shape index (κ2) is 5.91. The van der Waals surface area contributed by atoms with Crippen molar-refractivity contribution in [3.05, 3.63) is 52.0 Å². The van der Waals surface area contributed by atoms with E-state index in [1.165, 1.54) is 12.0 Å². The Morgan fingerprint density at radius 1 is 1.35 bits per heavy atom. The van der Waals surface area contributed by atoms with E-state index in [1.54, 1.807) is 11.3 Å². The molecular weight excluding hydrogens is 230 g/mol. The lowest BCUT2D eigenvalue weighted by Crippen LogP contribution is -2.29. The maximum Gasteiger partial charge on any atom is 0.0889 e. The van der Waals surface area contributed by atoms with E-state index < -0.39 is 0 Å². The summed E-state index contributed by atoms with van der Waals surface area (Å²) in [7, 11) is 0. The largest absolute Gasteiger partial charge is 0.271 e. The van der Waals surface area contributed by atoms with Gasteiger partial charge in [-0.3, -0.25) is 5.84 Å². The van der Waals surface area contributed by atoms with Crippen LogP contribution in [0.15, 0.2) is 35.2 Å². The van der Waals surface area contributed by atoms with Crippen LogP contribution in [0, 0.1) is 0 Å². The number of hydrazine groups is 1. The van der Waals surface area contributed by atoms with E-state index in [4.69, 9.17) is 5.84 Å². The minimum absolute atomic E-state index is 0.0167. The number of aryl methyl sites for hydroxylation is 1. The van der Waals surface area contributed by atoms with E-state index in [1.807, 2.05) is 10.9 Å². The van der Waals surface area contributed by atoms with Crippen LogP contribution in [0.3, 0.4) is 0 Å². The van der Waals surface area contributed by atoms with Crippen molar-refractivity contribution in [2.45, 2.75) is 25.8 Å². The smallest absolute Gasteiger partial charge is 0.0889 e. The molecular formula is C13H17N3S. The molecule has 3 N–H and O–H groups in total. The second-order valence-corrected chi connectivity index (χ2v) is 4.72. The van der Waals surface area contributed by atoms with Gasteiger partial charge in [0.2, 0.25) is 0 Å². The van der Waals surface area contributed by atoms with Gasteiger partial charge in [-0.05, 0) is 17.5 Å². The molecule has 17 heavy (non-hydrogen) atoms. The van der Waals surface area contributed by atoms with Crippen LogP contribution in [0.2, 0.25) is 0 Å². The van der Waals surface area contributed by atoms with Crippen LogP contribution in [0.5, 0.6) is 0 Å². The van der Waals surface area contributed by atoms with Crippen molar-refractivity contribution in [1.29, 1.82) is 0 Å². The van der Waals surface area contributed by atoms with Gasteiger partial charge in [-0.2, -0.15) is 0 Å². The Kier molecular flexibility index (Phi) is 4.25. The maximum absolute atomic E-state index is 5.61. The van der Waals surface area contributed by atoms with E-state index in [0.717, 1.165) is 17.7 Å². The minimum atomic E-state index is -0.0167. The fraction of sp³-hybridized carbons (Fsp3) is 0.308. The average Bonchev–Trinajstić information content (AvgIpc) is 2.86. The molecule has 1 atom stereocenters. The fourth-order valence-electron chi connectivity index (χ4n) is 1.88. The summed E-state index contributed by atoms with van der Waals surface area (Å²) in [5.74, 6) is 5.61. The number of nitrogens with two attached hydrogens (primary N) is 1. The normalized spacial score (nSPS) is 12.6. The Morgan fingerprint density at radius 3 is 2.65 bits per heavy atom. The first-order valence-electron chi connectivity index (χ1n) is 5.78. The lowest BCUT2D eigenvalue weighted by atomic mass is 10.0. The highest BCUT2D eigenvalue weighted by molar-refractivity contribution is 7.07. The van der Waals surface area contributed by atoms with Crippen molar-refractivity contribution in [3.63, 3.8) is 0 Å². The zero-order chi connectivity index (χ0) is 12.1. The molecule has 0 amide bonds. The first-order valence-corrected chi connectivity index (χ1v) is 6.72. The van der Waals surface area contributed by atoms with E-state index in [0.29, 0.717) is 0 Å². The van der Waals surface area contributed by atoms with Crippen LogP contribution < -0.4 is 11.3 Å². The molecule has 0 aliphatic rings. The molecule has 0 fully saturated rings. The number of rotatable bonds is 5. The highest BCUT2D eigenvalue weighted by atomic mass is 32.1. The van der Waals surface area contributed by atoms with Crippen molar-refractivity contribution in [3.8, 4) is 0 Å². The zero-order valence-electron chi connectivity index (χ0n) is 9.89. The van der Waals surface area contributed by atoms with Crippen LogP contribution in [0.25, 0.3) is 0 Å². The first kappa shape index (κ1) is 12.2. The monoisotopic (exact) mass is 247 g/mol. The van der Waals surface area contributed by atoms with Crippen molar-refractivity contribution < 1.29 is 0 Å². The van der Waals surface area contributed by atoms with Gasteiger partial charge in [-0.25, -0.2) is 10.4 Å². The van der Waals surface area contributed by atoms with Crippen LogP contribution in [0.4, 0.5) is 0 Å². The summed E-state index contributed by atoms with van der Waals surface area (Å²) in [5.41, 5.74) is 8.13. The molecule has 4 heteroatoms. The third kappa shape index (κ3) is 2.91. The van der Waals surface area contributed by atoms with Gasteiger partial charge in [0.15, 0.2) is 0 Å². The minimum Gasteiger partial charge on any atom is -0.271 e. The number of nitrogens with zero attached hydrogens (tertiary/aromatic N) is 1. The summed E-state index contributed by atoms with van der Waals surface area (Å²) in [4.78, 5) is 4.30. The van der Waals surface area contributed by atoms with Crippen LogP contribution in [-0.2, 0) is 6.42 Å². The first-order chi connectivity index (χ1) is 8.35. The van der Waals surface area contributed by atoms with Gasteiger partial charge in [-0.1, -0.05) is 37.6 Å². The number of benzene rings is 1. The molecule has 0 aliphatic heterocycles. The Labute approximate surface area is 106 Å². The number of hydrogen-bond donors (Lipinski definition) is 2. The summed E-state index contributed by atoms with van der Waals surface area (Å²) >= 11 is 1.58. The summed E-state index contributed by atoms with van der Waals surface area (Å²) in [6.07, 6.45) is 2.29. The second-order valence-electron chi connectivity index (χ2n) is 4.00. The summed E-state index contributed by atoms with van der Waals surface area (Å²) in [5, 5.41) is 2.02. The molecule has 0 saturated carbocycles.